The molecule has 2 aromatic rings. The van der Waals surface area contributed by atoms with Crippen LogP contribution < -0.4 is 5.56 Å². The molecule has 1 aliphatic rings. The fourth-order valence-corrected chi connectivity index (χ4v) is 4.13. The second kappa shape index (κ2) is 7.17. The second-order valence-corrected chi connectivity index (χ2v) is 7.10. The number of rotatable bonds is 4. The number of ether oxygens (including phenoxy) is 1. The Kier molecular flexibility index (Phi) is 5.00. The zero-order valence-corrected chi connectivity index (χ0v) is 13.9. The van der Waals surface area contributed by atoms with Crippen LogP contribution in [-0.2, 0) is 10.5 Å². The maximum atomic E-state index is 12.2. The predicted octanol–water partition coefficient (Wildman–Crippen LogP) is 3.28. The van der Waals surface area contributed by atoms with Gasteiger partial charge in [0, 0.05) is 5.25 Å². The van der Waals surface area contributed by atoms with Gasteiger partial charge in [-0.05, 0) is 31.0 Å². The van der Waals surface area contributed by atoms with Gasteiger partial charge in [-0.3, -0.25) is 4.79 Å². The summed E-state index contributed by atoms with van der Waals surface area (Å²) in [5, 5.41) is 1.15. The van der Waals surface area contributed by atoms with E-state index in [4.69, 9.17) is 4.74 Å². The summed E-state index contributed by atoms with van der Waals surface area (Å²) in [6.45, 7) is 0. The van der Waals surface area contributed by atoms with Gasteiger partial charge in [-0.25, -0.2) is 9.78 Å². The number of nitrogens with one attached hydrogen (secondary N) is 1. The number of methoxy groups -OCH3 is 1. The van der Waals surface area contributed by atoms with E-state index in [9.17, 15) is 9.59 Å². The number of aromatic amines is 1. The highest BCUT2D eigenvalue weighted by Crippen LogP contribution is 2.29. The van der Waals surface area contributed by atoms with E-state index in [2.05, 4.69) is 9.97 Å². The van der Waals surface area contributed by atoms with Crippen LogP contribution in [0.1, 0.15) is 48.3 Å². The Balaban J connectivity index is 1.83. The van der Waals surface area contributed by atoms with Crippen molar-refractivity contribution in [3.63, 3.8) is 0 Å². The number of aromatic nitrogens is 2. The number of hydrogen-bond donors (Lipinski definition) is 1. The lowest BCUT2D eigenvalue weighted by Gasteiger charge is -2.20. The van der Waals surface area contributed by atoms with Crippen LogP contribution in [0.4, 0.5) is 0 Å². The third-order valence-corrected chi connectivity index (χ3v) is 5.57. The van der Waals surface area contributed by atoms with Crippen molar-refractivity contribution in [2.45, 2.75) is 43.1 Å². The number of fused-ring (bicyclic) bond motifs is 1. The van der Waals surface area contributed by atoms with Crippen molar-refractivity contribution in [3.05, 3.63) is 39.9 Å². The molecule has 0 atom stereocenters. The molecule has 5 nitrogen and oxygen atoms in total. The largest absolute Gasteiger partial charge is 0.465 e. The molecule has 122 valence electrons. The fourth-order valence-electron chi connectivity index (χ4n) is 2.93. The van der Waals surface area contributed by atoms with E-state index < -0.39 is 5.97 Å². The highest BCUT2D eigenvalue weighted by Gasteiger charge is 2.15. The van der Waals surface area contributed by atoms with Gasteiger partial charge in [-0.2, -0.15) is 11.8 Å². The molecule has 23 heavy (non-hydrogen) atoms. The fraction of sp³-hybridized carbons (Fsp3) is 0.471. The predicted molar refractivity (Wildman–Crippen MR) is 91.9 cm³/mol. The summed E-state index contributed by atoms with van der Waals surface area (Å²) in [4.78, 5) is 31.2. The first-order chi connectivity index (χ1) is 11.2. The lowest BCUT2D eigenvalue weighted by molar-refractivity contribution is 0.0601. The summed E-state index contributed by atoms with van der Waals surface area (Å²) in [5.41, 5.74) is 0.783. The van der Waals surface area contributed by atoms with Crippen molar-refractivity contribution >= 4 is 28.6 Å². The van der Waals surface area contributed by atoms with E-state index >= 15 is 0 Å². The van der Waals surface area contributed by atoms with E-state index in [1.807, 2.05) is 11.8 Å². The molecule has 0 aliphatic heterocycles. The number of hydrogen-bond acceptors (Lipinski definition) is 5. The van der Waals surface area contributed by atoms with Crippen LogP contribution in [0.5, 0.6) is 0 Å². The molecule has 3 rings (SSSR count). The molecule has 1 fully saturated rings. The molecule has 0 amide bonds. The highest BCUT2D eigenvalue weighted by molar-refractivity contribution is 7.99. The molecule has 1 aliphatic carbocycles. The number of esters is 1. The van der Waals surface area contributed by atoms with Gasteiger partial charge in [-0.15, -0.1) is 0 Å². The maximum absolute atomic E-state index is 12.2. The molecule has 1 saturated carbocycles. The minimum atomic E-state index is -0.424. The summed E-state index contributed by atoms with van der Waals surface area (Å²) in [7, 11) is 1.34. The Morgan fingerprint density at radius 3 is 2.87 bits per heavy atom. The van der Waals surface area contributed by atoms with E-state index in [1.54, 1.807) is 18.2 Å². The standard InChI is InChI=1S/C17H20N2O3S/c1-22-17(21)11-7-8-13-14(9-11)18-15(19-16(13)20)10-23-12-5-3-2-4-6-12/h7-9,12H,2-6,10H2,1H3,(H,18,19,20). The molecular weight excluding hydrogens is 312 g/mol. The molecule has 0 radical (unpaired) electrons. The molecule has 1 N–H and O–H groups in total. The van der Waals surface area contributed by atoms with Crippen LogP contribution in [0.3, 0.4) is 0 Å². The first kappa shape index (κ1) is 16.1. The van der Waals surface area contributed by atoms with Crippen molar-refractivity contribution in [3.8, 4) is 0 Å². The number of H-pyrrole nitrogens is 1. The van der Waals surface area contributed by atoms with Crippen molar-refractivity contribution < 1.29 is 9.53 Å². The Morgan fingerprint density at radius 2 is 2.13 bits per heavy atom. The summed E-state index contributed by atoms with van der Waals surface area (Å²) < 4.78 is 4.72. The smallest absolute Gasteiger partial charge is 0.337 e. The number of benzene rings is 1. The third-order valence-electron chi connectivity index (χ3n) is 4.18. The summed E-state index contributed by atoms with van der Waals surface area (Å²) >= 11 is 1.86. The lowest BCUT2D eigenvalue weighted by Crippen LogP contribution is -2.14. The zero-order valence-electron chi connectivity index (χ0n) is 13.1. The summed E-state index contributed by atoms with van der Waals surface area (Å²) in [6.07, 6.45) is 6.41. The molecule has 1 aromatic heterocycles. The minimum Gasteiger partial charge on any atom is -0.465 e. The Morgan fingerprint density at radius 1 is 1.35 bits per heavy atom. The summed E-state index contributed by atoms with van der Waals surface area (Å²) in [6, 6.07) is 4.82. The Labute approximate surface area is 138 Å². The SMILES string of the molecule is COC(=O)c1ccc2c(=O)[nH]c(CSC3CCCCC3)nc2c1. The molecule has 0 spiro atoms. The van der Waals surface area contributed by atoms with Crippen LogP contribution in [0.25, 0.3) is 10.9 Å². The first-order valence-electron chi connectivity index (χ1n) is 7.90. The molecule has 1 aromatic carbocycles. The molecule has 0 saturated heterocycles. The second-order valence-electron chi connectivity index (χ2n) is 5.81. The average molecular weight is 332 g/mol. The topological polar surface area (TPSA) is 72.1 Å². The first-order valence-corrected chi connectivity index (χ1v) is 8.95. The zero-order chi connectivity index (χ0) is 16.2. The summed E-state index contributed by atoms with van der Waals surface area (Å²) in [5.74, 6) is 0.936. The maximum Gasteiger partial charge on any atom is 0.337 e. The van der Waals surface area contributed by atoms with Crippen molar-refractivity contribution in [1.29, 1.82) is 0 Å². The van der Waals surface area contributed by atoms with Gasteiger partial charge in [0.25, 0.3) is 5.56 Å². The monoisotopic (exact) mass is 332 g/mol. The quantitative estimate of drug-likeness (QED) is 0.870. The minimum absolute atomic E-state index is 0.161. The van der Waals surface area contributed by atoms with Gasteiger partial charge in [0.15, 0.2) is 0 Å². The van der Waals surface area contributed by atoms with Crippen molar-refractivity contribution in [2.24, 2.45) is 0 Å². The Bertz CT molecular complexity index is 766. The van der Waals surface area contributed by atoms with E-state index in [0.717, 1.165) is 0 Å². The normalized spacial score (nSPS) is 15.7. The third kappa shape index (κ3) is 3.75. The average Bonchev–Trinajstić information content (AvgIpc) is 2.59. The Hall–Kier alpha value is -1.82. The molecular formula is C17H20N2O3S. The van der Waals surface area contributed by atoms with E-state index in [1.165, 1.54) is 39.2 Å². The van der Waals surface area contributed by atoms with E-state index in [0.29, 0.717) is 33.3 Å². The lowest BCUT2D eigenvalue weighted by atomic mass is 10.0. The van der Waals surface area contributed by atoms with Gasteiger partial charge >= 0.3 is 5.97 Å². The van der Waals surface area contributed by atoms with Crippen LogP contribution in [0, 0.1) is 0 Å². The molecule has 6 heteroatoms. The van der Waals surface area contributed by atoms with Gasteiger partial charge in [0.05, 0.1) is 29.3 Å². The van der Waals surface area contributed by atoms with Crippen molar-refractivity contribution in [2.75, 3.05) is 7.11 Å². The van der Waals surface area contributed by atoms with Gasteiger partial charge in [0.2, 0.25) is 0 Å². The van der Waals surface area contributed by atoms with Crippen LogP contribution in [0.15, 0.2) is 23.0 Å². The van der Waals surface area contributed by atoms with Gasteiger partial charge in [-0.1, -0.05) is 19.3 Å². The molecule has 0 bridgehead atoms. The molecule has 0 unspecified atom stereocenters. The van der Waals surface area contributed by atoms with Gasteiger partial charge in [0.1, 0.15) is 5.82 Å². The number of nitrogens with zero attached hydrogens (tertiary/aromatic N) is 1. The van der Waals surface area contributed by atoms with Crippen LogP contribution >= 0.6 is 11.8 Å². The number of carbonyl (C=O) groups is 1. The van der Waals surface area contributed by atoms with Gasteiger partial charge < -0.3 is 9.72 Å². The number of carbonyl (C=O) groups excluding carboxylic acids is 1. The van der Waals surface area contributed by atoms with E-state index in [-0.39, 0.29) is 5.56 Å². The number of thioether (sulfide) groups is 1. The van der Waals surface area contributed by atoms with Crippen LogP contribution in [0.2, 0.25) is 0 Å². The highest BCUT2D eigenvalue weighted by atomic mass is 32.2. The molecule has 1 heterocycles. The van der Waals surface area contributed by atoms with Crippen molar-refractivity contribution in [1.82, 2.24) is 9.97 Å². The van der Waals surface area contributed by atoms with Crippen LogP contribution in [-0.4, -0.2) is 28.3 Å².